The van der Waals surface area contributed by atoms with Gasteiger partial charge in [-0.05, 0) is 30.7 Å². The maximum Gasteiger partial charge on any atom is 0.119 e. The summed E-state index contributed by atoms with van der Waals surface area (Å²) in [6.45, 7) is 3.05. The van der Waals surface area contributed by atoms with Crippen LogP contribution in [-0.2, 0) is 16.0 Å². The molecule has 0 radical (unpaired) electrons. The zero-order valence-corrected chi connectivity index (χ0v) is 11.6. The highest BCUT2D eigenvalue weighted by Gasteiger charge is 2.02. The average Bonchev–Trinajstić information content (AvgIpc) is 2.85. The Kier molecular flexibility index (Phi) is 5.24. The summed E-state index contributed by atoms with van der Waals surface area (Å²) in [5.74, 6) is 0.896. The van der Waals surface area contributed by atoms with Gasteiger partial charge in [-0.25, -0.2) is 0 Å². The molecular formula is C15H21NO3. The van der Waals surface area contributed by atoms with Crippen LogP contribution >= 0.6 is 0 Å². The van der Waals surface area contributed by atoms with Crippen LogP contribution in [0.2, 0.25) is 0 Å². The molecule has 0 fully saturated rings. The number of rotatable bonds is 8. The van der Waals surface area contributed by atoms with Gasteiger partial charge in [-0.15, -0.1) is 0 Å². The quantitative estimate of drug-likeness (QED) is 0.686. The van der Waals surface area contributed by atoms with E-state index in [-0.39, 0.29) is 0 Å². The summed E-state index contributed by atoms with van der Waals surface area (Å²) in [5, 5.41) is 1.21. The number of ether oxygens (including phenoxy) is 3. The molecule has 0 N–H and O–H groups in total. The van der Waals surface area contributed by atoms with Crippen molar-refractivity contribution in [3.8, 4) is 5.75 Å². The second kappa shape index (κ2) is 7.16. The fourth-order valence-corrected chi connectivity index (χ4v) is 2.08. The summed E-state index contributed by atoms with van der Waals surface area (Å²) in [6.07, 6.45) is 3.11. The van der Waals surface area contributed by atoms with E-state index < -0.39 is 0 Å². The van der Waals surface area contributed by atoms with Crippen molar-refractivity contribution in [1.29, 1.82) is 0 Å². The van der Waals surface area contributed by atoms with Crippen molar-refractivity contribution < 1.29 is 14.2 Å². The zero-order chi connectivity index (χ0) is 13.5. The van der Waals surface area contributed by atoms with E-state index in [9.17, 15) is 0 Å². The zero-order valence-electron chi connectivity index (χ0n) is 11.6. The number of fused-ring (bicyclic) bond motifs is 1. The third-order valence-electron chi connectivity index (χ3n) is 3.10. The molecule has 0 unspecified atom stereocenters. The number of hydrogen-bond donors (Lipinski definition) is 0. The standard InChI is InChI=1S/C15H21NO3/c1-17-10-11-19-9-3-7-16-8-6-13-12-14(18-2)4-5-15(13)16/h4-6,8,12H,3,7,9-11H2,1-2H3. The molecule has 0 spiro atoms. The number of hydrogen-bond acceptors (Lipinski definition) is 3. The molecule has 0 saturated carbocycles. The first-order valence-electron chi connectivity index (χ1n) is 6.54. The number of benzene rings is 1. The van der Waals surface area contributed by atoms with Crippen LogP contribution in [0.1, 0.15) is 6.42 Å². The normalized spacial score (nSPS) is 11.1. The molecule has 0 atom stereocenters. The van der Waals surface area contributed by atoms with Gasteiger partial charge in [0.05, 0.1) is 20.3 Å². The van der Waals surface area contributed by atoms with Gasteiger partial charge in [0.25, 0.3) is 0 Å². The summed E-state index contributed by atoms with van der Waals surface area (Å²) in [5.41, 5.74) is 1.23. The molecule has 0 saturated heterocycles. The summed E-state index contributed by atoms with van der Waals surface area (Å²) >= 11 is 0. The molecule has 4 nitrogen and oxygen atoms in total. The lowest BCUT2D eigenvalue weighted by atomic mass is 10.2. The molecule has 2 aromatic rings. The van der Waals surface area contributed by atoms with Gasteiger partial charge >= 0.3 is 0 Å². The van der Waals surface area contributed by atoms with Gasteiger partial charge in [-0.2, -0.15) is 0 Å². The molecule has 0 aliphatic heterocycles. The third-order valence-corrected chi connectivity index (χ3v) is 3.10. The Labute approximate surface area is 113 Å². The van der Waals surface area contributed by atoms with Gasteiger partial charge < -0.3 is 18.8 Å². The van der Waals surface area contributed by atoms with Crippen molar-refractivity contribution in [3.63, 3.8) is 0 Å². The van der Waals surface area contributed by atoms with Gasteiger partial charge in [-0.3, -0.25) is 0 Å². The summed E-state index contributed by atoms with van der Waals surface area (Å²) in [6, 6.07) is 8.26. The van der Waals surface area contributed by atoms with Crippen LogP contribution in [0.3, 0.4) is 0 Å². The van der Waals surface area contributed by atoms with E-state index in [1.54, 1.807) is 14.2 Å². The predicted molar refractivity (Wildman–Crippen MR) is 75.8 cm³/mol. The van der Waals surface area contributed by atoms with Crippen molar-refractivity contribution in [1.82, 2.24) is 4.57 Å². The first kappa shape index (κ1) is 13.9. The molecule has 2 rings (SSSR count). The second-order valence-corrected chi connectivity index (χ2v) is 4.39. The van der Waals surface area contributed by atoms with Crippen LogP contribution in [0, 0.1) is 0 Å². The summed E-state index contributed by atoms with van der Waals surface area (Å²) in [7, 11) is 3.37. The largest absolute Gasteiger partial charge is 0.497 e. The Hall–Kier alpha value is -1.52. The Morgan fingerprint density at radius 3 is 2.74 bits per heavy atom. The van der Waals surface area contributed by atoms with E-state index >= 15 is 0 Å². The lowest BCUT2D eigenvalue weighted by Crippen LogP contribution is -2.05. The molecule has 104 valence electrons. The van der Waals surface area contributed by atoms with Crippen LogP contribution in [0.5, 0.6) is 5.75 Å². The topological polar surface area (TPSA) is 32.6 Å². The molecule has 19 heavy (non-hydrogen) atoms. The van der Waals surface area contributed by atoms with E-state index in [2.05, 4.69) is 29.0 Å². The fraction of sp³-hybridized carbons (Fsp3) is 0.467. The van der Waals surface area contributed by atoms with E-state index in [1.165, 1.54) is 10.9 Å². The Morgan fingerprint density at radius 1 is 1.05 bits per heavy atom. The Morgan fingerprint density at radius 2 is 1.95 bits per heavy atom. The van der Waals surface area contributed by atoms with Crippen LogP contribution < -0.4 is 4.74 Å². The van der Waals surface area contributed by atoms with E-state index in [4.69, 9.17) is 14.2 Å². The smallest absolute Gasteiger partial charge is 0.119 e. The van der Waals surface area contributed by atoms with Crippen molar-refractivity contribution >= 4 is 10.9 Å². The minimum atomic E-state index is 0.659. The van der Waals surface area contributed by atoms with Crippen LogP contribution in [0.4, 0.5) is 0 Å². The molecule has 0 aliphatic rings. The minimum Gasteiger partial charge on any atom is -0.497 e. The average molecular weight is 263 g/mol. The van der Waals surface area contributed by atoms with Gasteiger partial charge in [0, 0.05) is 37.4 Å². The number of nitrogens with zero attached hydrogens (tertiary/aromatic N) is 1. The Balaban J connectivity index is 1.87. The Bertz CT molecular complexity index is 507. The maximum absolute atomic E-state index is 5.46. The summed E-state index contributed by atoms with van der Waals surface area (Å²) in [4.78, 5) is 0. The minimum absolute atomic E-state index is 0.659. The van der Waals surface area contributed by atoms with Crippen molar-refractivity contribution in [2.24, 2.45) is 0 Å². The molecule has 1 aromatic heterocycles. The van der Waals surface area contributed by atoms with E-state index in [1.807, 2.05) is 6.07 Å². The molecule has 4 heteroatoms. The van der Waals surface area contributed by atoms with Crippen LogP contribution in [0.25, 0.3) is 10.9 Å². The second-order valence-electron chi connectivity index (χ2n) is 4.39. The van der Waals surface area contributed by atoms with Gasteiger partial charge in [0.1, 0.15) is 5.75 Å². The maximum atomic E-state index is 5.46. The van der Waals surface area contributed by atoms with Gasteiger partial charge in [0.2, 0.25) is 0 Å². The monoisotopic (exact) mass is 263 g/mol. The van der Waals surface area contributed by atoms with Gasteiger partial charge in [0.15, 0.2) is 0 Å². The molecular weight excluding hydrogens is 242 g/mol. The number of aromatic nitrogens is 1. The highest BCUT2D eigenvalue weighted by molar-refractivity contribution is 5.81. The first-order chi connectivity index (χ1) is 9.35. The van der Waals surface area contributed by atoms with E-state index in [0.29, 0.717) is 13.2 Å². The first-order valence-corrected chi connectivity index (χ1v) is 6.54. The van der Waals surface area contributed by atoms with Crippen LogP contribution in [-0.4, -0.2) is 38.6 Å². The lowest BCUT2D eigenvalue weighted by Gasteiger charge is -2.07. The molecule has 0 bridgehead atoms. The van der Waals surface area contributed by atoms with Gasteiger partial charge in [-0.1, -0.05) is 0 Å². The molecule has 1 aromatic carbocycles. The molecule has 1 heterocycles. The predicted octanol–water partition coefficient (Wildman–Crippen LogP) is 2.70. The fourth-order valence-electron chi connectivity index (χ4n) is 2.08. The van der Waals surface area contributed by atoms with E-state index in [0.717, 1.165) is 25.3 Å². The van der Waals surface area contributed by atoms with Crippen LogP contribution in [0.15, 0.2) is 30.5 Å². The summed E-state index contributed by atoms with van der Waals surface area (Å²) < 4.78 is 17.9. The van der Waals surface area contributed by atoms with Crippen molar-refractivity contribution in [3.05, 3.63) is 30.5 Å². The lowest BCUT2D eigenvalue weighted by molar-refractivity contribution is 0.0681. The van der Waals surface area contributed by atoms with Crippen molar-refractivity contribution in [2.45, 2.75) is 13.0 Å². The highest BCUT2D eigenvalue weighted by Crippen LogP contribution is 2.21. The number of aryl methyl sites for hydroxylation is 1. The third kappa shape index (κ3) is 3.72. The number of methoxy groups -OCH3 is 2. The SMILES string of the molecule is COCCOCCCn1ccc2cc(OC)ccc21. The molecule has 0 amide bonds. The highest BCUT2D eigenvalue weighted by atomic mass is 16.5. The van der Waals surface area contributed by atoms with Crippen molar-refractivity contribution in [2.75, 3.05) is 34.0 Å². The molecule has 0 aliphatic carbocycles.